The monoisotopic (exact) mass is 305 g/mol. The highest BCUT2D eigenvalue weighted by Gasteiger charge is 2.22. The Morgan fingerprint density at radius 3 is 2.48 bits per heavy atom. The van der Waals surface area contributed by atoms with E-state index in [2.05, 4.69) is 43.2 Å². The molecule has 2 unspecified atom stereocenters. The maximum Gasteiger partial charge on any atom is 0.0847 e. The lowest BCUT2D eigenvalue weighted by Gasteiger charge is -2.23. The Balaban J connectivity index is 2.22. The number of hydrogen-bond acceptors (Lipinski definition) is 2. The van der Waals surface area contributed by atoms with Gasteiger partial charge in [0.05, 0.1) is 16.4 Å². The van der Waals surface area contributed by atoms with Crippen LogP contribution in [0.4, 0.5) is 0 Å². The lowest BCUT2D eigenvalue weighted by molar-refractivity contribution is 0.492. The van der Waals surface area contributed by atoms with Gasteiger partial charge in [-0.05, 0) is 31.7 Å². The van der Waals surface area contributed by atoms with E-state index in [1.54, 1.807) is 0 Å². The van der Waals surface area contributed by atoms with Crippen LogP contribution in [0.25, 0.3) is 0 Å². The minimum Gasteiger partial charge on any atom is -0.327 e. The van der Waals surface area contributed by atoms with E-state index in [0.717, 1.165) is 35.8 Å². The number of aromatic nitrogens is 2. The van der Waals surface area contributed by atoms with Crippen LogP contribution in [0.5, 0.6) is 0 Å². The number of nitrogens with two attached hydrogens (primary N) is 1. The molecular weight excluding hydrogens is 282 g/mol. The van der Waals surface area contributed by atoms with Gasteiger partial charge in [-0.2, -0.15) is 5.10 Å². The molecule has 2 atom stereocenters. The van der Waals surface area contributed by atoms with Crippen molar-refractivity contribution in [1.29, 1.82) is 0 Å². The van der Waals surface area contributed by atoms with E-state index < -0.39 is 0 Å². The molecule has 0 aliphatic rings. The minimum absolute atomic E-state index is 0.0382. The SMILES string of the molecule is CCC(c1ccccc1)C(N)Cc1c(Cl)c(C)nn1CC. The van der Waals surface area contributed by atoms with Crippen LogP contribution >= 0.6 is 11.6 Å². The van der Waals surface area contributed by atoms with Gasteiger partial charge in [-0.15, -0.1) is 0 Å². The van der Waals surface area contributed by atoms with Crippen molar-refractivity contribution in [3.05, 3.63) is 52.3 Å². The summed E-state index contributed by atoms with van der Waals surface area (Å²) in [5.41, 5.74) is 9.73. The maximum absolute atomic E-state index is 6.49. The van der Waals surface area contributed by atoms with E-state index in [9.17, 15) is 0 Å². The highest BCUT2D eigenvalue weighted by Crippen LogP contribution is 2.27. The van der Waals surface area contributed by atoms with E-state index >= 15 is 0 Å². The number of halogens is 1. The molecule has 1 aromatic heterocycles. The van der Waals surface area contributed by atoms with Crippen LogP contribution in [0.1, 0.15) is 43.1 Å². The van der Waals surface area contributed by atoms with Gasteiger partial charge in [-0.25, -0.2) is 0 Å². The van der Waals surface area contributed by atoms with Crippen LogP contribution in [-0.4, -0.2) is 15.8 Å². The normalized spacial score (nSPS) is 14.1. The summed E-state index contributed by atoms with van der Waals surface area (Å²) in [7, 11) is 0. The van der Waals surface area contributed by atoms with Crippen molar-refractivity contribution in [3.8, 4) is 0 Å². The van der Waals surface area contributed by atoms with Gasteiger partial charge in [0.2, 0.25) is 0 Å². The van der Waals surface area contributed by atoms with Gasteiger partial charge in [0.15, 0.2) is 0 Å². The Morgan fingerprint density at radius 2 is 1.90 bits per heavy atom. The molecule has 2 aromatic rings. The smallest absolute Gasteiger partial charge is 0.0847 e. The summed E-state index contributed by atoms with van der Waals surface area (Å²) < 4.78 is 1.97. The molecule has 0 saturated heterocycles. The highest BCUT2D eigenvalue weighted by atomic mass is 35.5. The fourth-order valence-electron chi connectivity index (χ4n) is 2.92. The quantitative estimate of drug-likeness (QED) is 0.879. The first-order valence-electron chi connectivity index (χ1n) is 7.60. The Morgan fingerprint density at radius 1 is 1.24 bits per heavy atom. The van der Waals surface area contributed by atoms with E-state index in [4.69, 9.17) is 17.3 Å². The molecule has 3 nitrogen and oxygen atoms in total. The van der Waals surface area contributed by atoms with E-state index in [1.807, 2.05) is 17.7 Å². The molecule has 0 amide bonds. The Kier molecular flexibility index (Phi) is 5.43. The van der Waals surface area contributed by atoms with Crippen LogP contribution in [0.3, 0.4) is 0 Å². The summed E-state index contributed by atoms with van der Waals surface area (Å²) in [6.07, 6.45) is 1.77. The lowest BCUT2D eigenvalue weighted by Crippen LogP contribution is -2.31. The van der Waals surface area contributed by atoms with Gasteiger partial charge in [0.1, 0.15) is 0 Å². The zero-order valence-corrected chi connectivity index (χ0v) is 13.8. The molecule has 0 aliphatic heterocycles. The van der Waals surface area contributed by atoms with Crippen molar-refractivity contribution >= 4 is 11.6 Å². The summed E-state index contributed by atoms with van der Waals surface area (Å²) in [6.45, 7) is 7.02. The standard InChI is InChI=1S/C17H24ClN3/c1-4-14(13-9-7-6-8-10-13)15(19)11-16-17(18)12(3)20-21(16)5-2/h6-10,14-15H,4-5,11,19H2,1-3H3. The third-order valence-corrected chi connectivity index (χ3v) is 4.56. The van der Waals surface area contributed by atoms with Crippen molar-refractivity contribution in [2.75, 3.05) is 0 Å². The van der Waals surface area contributed by atoms with Crippen LogP contribution in [0.2, 0.25) is 5.02 Å². The molecule has 21 heavy (non-hydrogen) atoms. The molecular formula is C17H24ClN3. The van der Waals surface area contributed by atoms with Gasteiger partial charge in [-0.3, -0.25) is 4.68 Å². The second kappa shape index (κ2) is 7.10. The van der Waals surface area contributed by atoms with Crippen molar-refractivity contribution in [3.63, 3.8) is 0 Å². The molecule has 0 radical (unpaired) electrons. The van der Waals surface area contributed by atoms with Crippen molar-refractivity contribution in [2.45, 2.75) is 52.1 Å². The molecule has 0 spiro atoms. The van der Waals surface area contributed by atoms with E-state index in [0.29, 0.717) is 5.92 Å². The zero-order valence-electron chi connectivity index (χ0n) is 13.0. The van der Waals surface area contributed by atoms with Crippen molar-refractivity contribution in [2.24, 2.45) is 5.73 Å². The first-order valence-corrected chi connectivity index (χ1v) is 7.98. The summed E-state index contributed by atoms with van der Waals surface area (Å²) in [4.78, 5) is 0. The number of nitrogens with zero attached hydrogens (tertiary/aromatic N) is 2. The topological polar surface area (TPSA) is 43.8 Å². The molecule has 114 valence electrons. The van der Waals surface area contributed by atoms with Gasteiger partial charge < -0.3 is 5.73 Å². The summed E-state index contributed by atoms with van der Waals surface area (Å²) in [5, 5.41) is 5.23. The third kappa shape index (κ3) is 3.47. The van der Waals surface area contributed by atoms with Crippen molar-refractivity contribution in [1.82, 2.24) is 9.78 Å². The first kappa shape index (κ1) is 16.1. The number of hydrogen-bond donors (Lipinski definition) is 1. The molecule has 1 aromatic carbocycles. The molecule has 1 heterocycles. The molecule has 2 rings (SSSR count). The van der Waals surface area contributed by atoms with E-state index in [-0.39, 0.29) is 6.04 Å². The third-order valence-electron chi connectivity index (χ3n) is 4.07. The Labute approximate surface area is 132 Å². The minimum atomic E-state index is 0.0382. The molecule has 0 bridgehead atoms. The van der Waals surface area contributed by atoms with Crippen molar-refractivity contribution < 1.29 is 0 Å². The molecule has 0 aliphatic carbocycles. The number of aryl methyl sites for hydroxylation is 2. The summed E-state index contributed by atoms with van der Waals surface area (Å²) in [6, 6.07) is 10.5. The Hall–Kier alpha value is -1.32. The Bertz CT molecular complexity index is 577. The second-order valence-electron chi connectivity index (χ2n) is 5.46. The van der Waals surface area contributed by atoms with Gasteiger partial charge >= 0.3 is 0 Å². The zero-order chi connectivity index (χ0) is 15.4. The second-order valence-corrected chi connectivity index (χ2v) is 5.83. The highest BCUT2D eigenvalue weighted by molar-refractivity contribution is 6.31. The molecule has 2 N–H and O–H groups in total. The summed E-state index contributed by atoms with van der Waals surface area (Å²) in [5.74, 6) is 0.336. The van der Waals surface area contributed by atoms with Gasteiger partial charge in [0.25, 0.3) is 0 Å². The van der Waals surface area contributed by atoms with Gasteiger partial charge in [0, 0.05) is 19.0 Å². The van der Waals surface area contributed by atoms with E-state index in [1.165, 1.54) is 5.56 Å². The predicted molar refractivity (Wildman–Crippen MR) is 88.8 cm³/mol. The van der Waals surface area contributed by atoms with Crippen LogP contribution in [0, 0.1) is 6.92 Å². The average Bonchev–Trinajstić information content (AvgIpc) is 2.77. The number of benzene rings is 1. The predicted octanol–water partition coefficient (Wildman–Crippen LogP) is 3.93. The fourth-order valence-corrected chi connectivity index (χ4v) is 3.13. The fraction of sp³-hybridized carbons (Fsp3) is 0.471. The summed E-state index contributed by atoms with van der Waals surface area (Å²) >= 11 is 6.39. The molecule has 0 fully saturated rings. The lowest BCUT2D eigenvalue weighted by atomic mass is 9.87. The largest absolute Gasteiger partial charge is 0.327 e. The van der Waals surface area contributed by atoms with Gasteiger partial charge in [-0.1, -0.05) is 48.9 Å². The molecule has 0 saturated carbocycles. The average molecular weight is 306 g/mol. The van der Waals surface area contributed by atoms with Crippen LogP contribution in [0.15, 0.2) is 30.3 Å². The van der Waals surface area contributed by atoms with Crippen LogP contribution < -0.4 is 5.73 Å². The molecule has 4 heteroatoms. The van der Waals surface area contributed by atoms with Crippen LogP contribution in [-0.2, 0) is 13.0 Å². The number of rotatable bonds is 6. The maximum atomic E-state index is 6.49. The first-order chi connectivity index (χ1) is 10.1.